The molecule has 0 fully saturated rings. The maximum absolute atomic E-state index is 9.48. The van der Waals surface area contributed by atoms with Crippen LogP contribution in [0.1, 0.15) is 41.8 Å². The Kier molecular flexibility index (Phi) is 4.54. The molecule has 0 aliphatic carbocycles. The first-order chi connectivity index (χ1) is 10.1. The molecule has 108 valence electrons. The van der Waals surface area contributed by atoms with E-state index in [1.807, 2.05) is 39.8 Å². The Morgan fingerprint density at radius 1 is 1.05 bits per heavy atom. The number of aryl methyl sites for hydroxylation is 3. The Morgan fingerprint density at radius 3 is 2.24 bits per heavy atom. The van der Waals surface area contributed by atoms with E-state index in [4.69, 9.17) is 0 Å². The van der Waals surface area contributed by atoms with Crippen molar-refractivity contribution in [2.45, 2.75) is 40.5 Å². The molecule has 0 unspecified atom stereocenters. The van der Waals surface area contributed by atoms with Crippen LogP contribution in [0.25, 0.3) is 0 Å². The third-order valence-electron chi connectivity index (χ3n) is 3.44. The van der Waals surface area contributed by atoms with E-state index in [1.165, 1.54) is 11.1 Å². The van der Waals surface area contributed by atoms with Crippen molar-refractivity contribution < 1.29 is 0 Å². The van der Waals surface area contributed by atoms with Crippen molar-refractivity contribution in [3.63, 3.8) is 0 Å². The minimum absolute atomic E-state index is 0.538. The number of rotatable bonds is 4. The summed E-state index contributed by atoms with van der Waals surface area (Å²) in [5.41, 5.74) is 5.77. The molecule has 0 aliphatic heterocycles. The first kappa shape index (κ1) is 15.0. The highest BCUT2D eigenvalue weighted by molar-refractivity contribution is 5.65. The summed E-state index contributed by atoms with van der Waals surface area (Å²) in [5.74, 6) is 0.538. The number of anilines is 2. The van der Waals surface area contributed by atoms with Gasteiger partial charge in [0.15, 0.2) is 5.82 Å². The van der Waals surface area contributed by atoms with Gasteiger partial charge in [0.2, 0.25) is 0 Å². The third kappa shape index (κ3) is 3.19. The van der Waals surface area contributed by atoms with Gasteiger partial charge in [0, 0.05) is 5.69 Å². The van der Waals surface area contributed by atoms with Crippen LogP contribution in [0, 0.1) is 25.2 Å². The van der Waals surface area contributed by atoms with Crippen LogP contribution in [0.5, 0.6) is 0 Å². The highest BCUT2D eigenvalue weighted by Gasteiger charge is 2.14. The number of hydrogen-bond donors (Lipinski definition) is 1. The fourth-order valence-electron chi connectivity index (χ4n) is 2.56. The lowest BCUT2D eigenvalue weighted by molar-refractivity contribution is 0.877. The Labute approximate surface area is 125 Å². The predicted octanol–water partition coefficient (Wildman–Crippen LogP) is 3.83. The maximum Gasteiger partial charge on any atom is 0.171 e. The van der Waals surface area contributed by atoms with E-state index in [1.54, 1.807) is 0 Å². The van der Waals surface area contributed by atoms with Gasteiger partial charge in [-0.2, -0.15) is 10.4 Å². The number of hydrogen-bond acceptors (Lipinski definition) is 4. The van der Waals surface area contributed by atoms with Gasteiger partial charge in [-0.05, 0) is 55.5 Å². The zero-order valence-electron chi connectivity index (χ0n) is 13.0. The zero-order chi connectivity index (χ0) is 15.4. The van der Waals surface area contributed by atoms with E-state index in [0.717, 1.165) is 29.8 Å². The quantitative estimate of drug-likeness (QED) is 0.924. The number of nitrogens with one attached hydrogen (secondary N) is 1. The molecule has 4 nitrogen and oxygen atoms in total. The molecule has 2 rings (SSSR count). The largest absolute Gasteiger partial charge is 0.338 e. The first-order valence-corrected chi connectivity index (χ1v) is 7.22. The molecule has 21 heavy (non-hydrogen) atoms. The Morgan fingerprint density at radius 2 is 1.71 bits per heavy atom. The fourth-order valence-corrected chi connectivity index (χ4v) is 2.56. The van der Waals surface area contributed by atoms with Crippen LogP contribution in [0.4, 0.5) is 11.5 Å². The topological polar surface area (TPSA) is 61.6 Å². The van der Waals surface area contributed by atoms with Crippen LogP contribution in [0.3, 0.4) is 0 Å². The van der Waals surface area contributed by atoms with Crippen molar-refractivity contribution in [3.8, 4) is 6.07 Å². The second-order valence-corrected chi connectivity index (χ2v) is 5.17. The maximum atomic E-state index is 9.48. The highest BCUT2D eigenvalue weighted by Crippen LogP contribution is 2.24. The molecular formula is C17H20N4. The van der Waals surface area contributed by atoms with Gasteiger partial charge >= 0.3 is 0 Å². The summed E-state index contributed by atoms with van der Waals surface area (Å²) in [6.07, 6.45) is 1.57. The number of nitrogens with zero attached hydrogens (tertiary/aromatic N) is 3. The second kappa shape index (κ2) is 6.36. The molecule has 4 heteroatoms. The van der Waals surface area contributed by atoms with Gasteiger partial charge in [-0.15, -0.1) is 5.10 Å². The van der Waals surface area contributed by atoms with E-state index in [-0.39, 0.29) is 0 Å². The van der Waals surface area contributed by atoms with E-state index < -0.39 is 0 Å². The summed E-state index contributed by atoms with van der Waals surface area (Å²) in [4.78, 5) is 0. The van der Waals surface area contributed by atoms with Crippen molar-refractivity contribution >= 4 is 11.5 Å². The lowest BCUT2D eigenvalue weighted by atomic mass is 10.0. The van der Waals surface area contributed by atoms with Crippen LogP contribution in [-0.4, -0.2) is 10.2 Å². The summed E-state index contributed by atoms with van der Waals surface area (Å²) < 4.78 is 0. The number of aromatic nitrogens is 2. The molecule has 2 aromatic rings. The van der Waals surface area contributed by atoms with Crippen molar-refractivity contribution in [1.82, 2.24) is 10.2 Å². The van der Waals surface area contributed by atoms with Crippen molar-refractivity contribution in [2.75, 3.05) is 5.32 Å². The smallest absolute Gasteiger partial charge is 0.171 e. The Bertz CT molecular complexity index is 678. The van der Waals surface area contributed by atoms with Crippen LogP contribution >= 0.6 is 0 Å². The van der Waals surface area contributed by atoms with Crippen LogP contribution in [-0.2, 0) is 12.8 Å². The third-order valence-corrected chi connectivity index (χ3v) is 3.44. The van der Waals surface area contributed by atoms with Gasteiger partial charge in [0.1, 0.15) is 11.6 Å². The molecule has 0 bridgehead atoms. The summed E-state index contributed by atoms with van der Waals surface area (Å²) in [6.45, 7) is 8.17. The van der Waals surface area contributed by atoms with Crippen LogP contribution in [0.2, 0.25) is 0 Å². The molecule has 0 saturated carbocycles. The van der Waals surface area contributed by atoms with E-state index in [0.29, 0.717) is 11.4 Å². The van der Waals surface area contributed by atoms with Crippen molar-refractivity contribution in [2.24, 2.45) is 0 Å². The standard InChI is InChI=1S/C17H20N4/c1-5-14-15(10-18)17(21-20-16(14)6-2)19-13-8-11(3)7-12(4)9-13/h7-9H,5-6H2,1-4H3,(H,19,21). The molecule has 0 aliphatic rings. The molecule has 0 spiro atoms. The Hall–Kier alpha value is -2.41. The zero-order valence-corrected chi connectivity index (χ0v) is 13.0. The molecule has 0 amide bonds. The van der Waals surface area contributed by atoms with Gasteiger partial charge in [0.25, 0.3) is 0 Å². The SMILES string of the molecule is CCc1nnc(Nc2cc(C)cc(C)c2)c(C#N)c1CC. The van der Waals surface area contributed by atoms with Crippen LogP contribution in [0.15, 0.2) is 18.2 Å². The number of nitriles is 1. The Balaban J connectivity index is 2.47. The summed E-state index contributed by atoms with van der Waals surface area (Å²) in [6, 6.07) is 8.46. The van der Waals surface area contributed by atoms with Crippen molar-refractivity contribution in [3.05, 3.63) is 46.1 Å². The average molecular weight is 280 g/mol. The normalized spacial score (nSPS) is 10.2. The van der Waals surface area contributed by atoms with E-state index >= 15 is 0 Å². The van der Waals surface area contributed by atoms with Gasteiger partial charge in [-0.3, -0.25) is 0 Å². The van der Waals surface area contributed by atoms with Crippen molar-refractivity contribution in [1.29, 1.82) is 5.26 Å². The van der Waals surface area contributed by atoms with Gasteiger partial charge in [-0.25, -0.2) is 0 Å². The lowest BCUT2D eigenvalue weighted by Gasteiger charge is -2.13. The molecule has 1 N–H and O–H groups in total. The van der Waals surface area contributed by atoms with E-state index in [2.05, 4.69) is 27.6 Å². The summed E-state index contributed by atoms with van der Waals surface area (Å²) in [5, 5.41) is 21.2. The van der Waals surface area contributed by atoms with Gasteiger partial charge in [0.05, 0.1) is 5.69 Å². The summed E-state index contributed by atoms with van der Waals surface area (Å²) in [7, 11) is 0. The molecule has 0 radical (unpaired) electrons. The molecule has 1 aromatic carbocycles. The van der Waals surface area contributed by atoms with Crippen LogP contribution < -0.4 is 5.32 Å². The van der Waals surface area contributed by atoms with E-state index in [9.17, 15) is 5.26 Å². The first-order valence-electron chi connectivity index (χ1n) is 7.22. The molecule has 1 aromatic heterocycles. The minimum atomic E-state index is 0.538. The second-order valence-electron chi connectivity index (χ2n) is 5.17. The fraction of sp³-hybridized carbons (Fsp3) is 0.353. The molecule has 0 atom stereocenters. The monoisotopic (exact) mass is 280 g/mol. The molecule has 1 heterocycles. The highest BCUT2D eigenvalue weighted by atomic mass is 15.2. The molecular weight excluding hydrogens is 260 g/mol. The number of benzene rings is 1. The minimum Gasteiger partial charge on any atom is -0.338 e. The predicted molar refractivity (Wildman–Crippen MR) is 84.7 cm³/mol. The van der Waals surface area contributed by atoms with Gasteiger partial charge < -0.3 is 5.32 Å². The lowest BCUT2D eigenvalue weighted by Crippen LogP contribution is -2.07. The van der Waals surface area contributed by atoms with Gasteiger partial charge in [-0.1, -0.05) is 19.9 Å². The average Bonchev–Trinajstić information content (AvgIpc) is 2.45. The molecule has 0 saturated heterocycles. The summed E-state index contributed by atoms with van der Waals surface area (Å²) >= 11 is 0.